The zero-order chi connectivity index (χ0) is 20.5. The highest BCUT2D eigenvalue weighted by Gasteiger charge is 2.44. The van der Waals surface area contributed by atoms with Gasteiger partial charge in [-0.2, -0.15) is 0 Å². The lowest BCUT2D eigenvalue weighted by molar-refractivity contribution is -0.231. The van der Waals surface area contributed by atoms with Gasteiger partial charge >= 0.3 is 0 Å². The molecule has 4 rings (SSSR count). The molecule has 29 heavy (non-hydrogen) atoms. The van der Waals surface area contributed by atoms with E-state index in [2.05, 4.69) is 15.2 Å². The highest BCUT2D eigenvalue weighted by Crippen LogP contribution is 2.35. The zero-order valence-electron chi connectivity index (χ0n) is 14.9. The lowest BCUT2D eigenvalue weighted by Gasteiger charge is -2.40. The molecule has 0 saturated carbocycles. The van der Waals surface area contributed by atoms with Gasteiger partial charge in [-0.1, -0.05) is 35.1 Å². The van der Waals surface area contributed by atoms with Crippen molar-refractivity contribution >= 4 is 34.3 Å². The van der Waals surface area contributed by atoms with Crippen LogP contribution in [-0.2, 0) is 11.2 Å². The Morgan fingerprint density at radius 3 is 2.69 bits per heavy atom. The minimum Gasteiger partial charge on any atom is -0.394 e. The van der Waals surface area contributed by atoms with Crippen molar-refractivity contribution in [3.05, 3.63) is 51.1 Å². The van der Waals surface area contributed by atoms with Gasteiger partial charge in [-0.3, -0.25) is 0 Å². The first-order valence-electron chi connectivity index (χ1n) is 8.78. The first kappa shape index (κ1) is 20.8. The van der Waals surface area contributed by atoms with E-state index in [1.807, 2.05) is 0 Å². The summed E-state index contributed by atoms with van der Waals surface area (Å²) in [5.41, 5.74) is 3.02. The molecule has 0 unspecified atom stereocenters. The summed E-state index contributed by atoms with van der Waals surface area (Å²) in [7, 11) is 0. The molecule has 1 fully saturated rings. The van der Waals surface area contributed by atoms with Gasteiger partial charge in [-0.15, -0.1) is 21.5 Å². The molecule has 1 saturated heterocycles. The van der Waals surface area contributed by atoms with Gasteiger partial charge in [0.1, 0.15) is 36.0 Å². The van der Waals surface area contributed by atoms with Crippen LogP contribution in [0.4, 0.5) is 0 Å². The molecule has 0 bridgehead atoms. The van der Waals surface area contributed by atoms with Crippen molar-refractivity contribution in [2.24, 2.45) is 0 Å². The molecule has 4 N–H and O–H groups in total. The van der Waals surface area contributed by atoms with Crippen LogP contribution in [0.5, 0.6) is 0 Å². The topological polar surface area (TPSA) is 129 Å². The van der Waals surface area contributed by atoms with E-state index < -0.39 is 37.1 Å². The summed E-state index contributed by atoms with van der Waals surface area (Å²) in [5, 5.41) is 49.8. The Kier molecular flexibility index (Phi) is 6.23. The average molecular weight is 456 g/mol. The molecule has 0 amide bonds. The Morgan fingerprint density at radius 1 is 1.14 bits per heavy atom. The molecule has 1 aromatic carbocycles. The van der Waals surface area contributed by atoms with Crippen molar-refractivity contribution in [1.82, 2.24) is 15.2 Å². The smallest absolute Gasteiger partial charge is 0.159 e. The Labute approximate surface area is 179 Å². The molecule has 154 valence electrons. The molecule has 11 heteroatoms. The van der Waals surface area contributed by atoms with Crippen molar-refractivity contribution < 1.29 is 25.2 Å². The molecule has 2 aromatic heterocycles. The standard InChI is InChI=1S/C18H18ClN3O5S2/c19-10-2-1-8(17-16(26)15(25)14(24)11(6-23)27-17)3-9(10)4-13-20-5-12(29-13)18-22-21-7-28-18/h1-3,5,7,11,14-17,23-26H,4,6H2/t11-,14-,15+,16-,17+/m1/s1. The lowest BCUT2D eigenvalue weighted by atomic mass is 9.90. The highest BCUT2D eigenvalue weighted by molar-refractivity contribution is 7.20. The second-order valence-electron chi connectivity index (χ2n) is 6.64. The average Bonchev–Trinajstić information content (AvgIpc) is 3.40. The van der Waals surface area contributed by atoms with E-state index in [4.69, 9.17) is 16.3 Å². The summed E-state index contributed by atoms with van der Waals surface area (Å²) in [6.07, 6.45) is -3.83. The molecular weight excluding hydrogens is 438 g/mol. The number of ether oxygens (including phenoxy) is 1. The Balaban J connectivity index is 1.58. The molecular formula is C18H18ClN3O5S2. The van der Waals surface area contributed by atoms with Crippen LogP contribution in [0.1, 0.15) is 22.2 Å². The van der Waals surface area contributed by atoms with E-state index in [-0.39, 0.29) is 0 Å². The van der Waals surface area contributed by atoms with E-state index in [1.165, 1.54) is 22.7 Å². The van der Waals surface area contributed by atoms with Crippen molar-refractivity contribution in [3.8, 4) is 9.88 Å². The van der Waals surface area contributed by atoms with E-state index in [0.717, 1.165) is 20.5 Å². The number of aliphatic hydroxyl groups excluding tert-OH is 4. The SMILES string of the molecule is OC[C@H]1O[C@@H](c2ccc(Cl)c(Cc3ncc(-c4nncs4)s3)c2)[C@H](O)[C@@H](O)[C@@H]1O. The van der Waals surface area contributed by atoms with Crippen LogP contribution in [0.3, 0.4) is 0 Å². The minimum atomic E-state index is -1.43. The first-order chi connectivity index (χ1) is 14.0. The Bertz CT molecular complexity index is 968. The predicted octanol–water partition coefficient (Wildman–Crippen LogP) is 1.42. The number of benzene rings is 1. The lowest BCUT2D eigenvalue weighted by Crippen LogP contribution is -2.55. The number of rotatable bonds is 5. The highest BCUT2D eigenvalue weighted by atomic mass is 35.5. The van der Waals surface area contributed by atoms with Gasteiger partial charge in [-0.05, 0) is 17.2 Å². The predicted molar refractivity (Wildman–Crippen MR) is 108 cm³/mol. The summed E-state index contributed by atoms with van der Waals surface area (Å²) in [6.45, 7) is -0.477. The van der Waals surface area contributed by atoms with Gasteiger partial charge in [-0.25, -0.2) is 4.98 Å². The van der Waals surface area contributed by atoms with Crippen molar-refractivity contribution in [1.29, 1.82) is 0 Å². The van der Waals surface area contributed by atoms with Gasteiger partial charge in [0.25, 0.3) is 0 Å². The number of nitrogens with zero attached hydrogens (tertiary/aromatic N) is 3. The first-order valence-corrected chi connectivity index (χ1v) is 10.9. The molecule has 0 aliphatic carbocycles. The van der Waals surface area contributed by atoms with Gasteiger partial charge in [0.15, 0.2) is 5.01 Å². The third-order valence-electron chi connectivity index (χ3n) is 4.76. The number of aromatic nitrogens is 3. The number of halogens is 1. The van der Waals surface area contributed by atoms with E-state index in [0.29, 0.717) is 17.0 Å². The number of aliphatic hydroxyl groups is 4. The van der Waals surface area contributed by atoms with Crippen molar-refractivity contribution in [3.63, 3.8) is 0 Å². The fourth-order valence-corrected chi connectivity index (χ4v) is 4.95. The number of hydrogen-bond donors (Lipinski definition) is 4. The summed E-state index contributed by atoms with van der Waals surface area (Å²) in [6, 6.07) is 5.15. The number of hydrogen-bond acceptors (Lipinski definition) is 10. The van der Waals surface area contributed by atoms with Gasteiger partial charge in [0.2, 0.25) is 0 Å². The van der Waals surface area contributed by atoms with Crippen LogP contribution in [0.2, 0.25) is 5.02 Å². The molecule has 0 radical (unpaired) electrons. The fraction of sp³-hybridized carbons (Fsp3) is 0.389. The summed E-state index contributed by atoms with van der Waals surface area (Å²) in [5.74, 6) is 0. The molecule has 5 atom stereocenters. The maximum atomic E-state index is 10.4. The van der Waals surface area contributed by atoms with Crippen LogP contribution >= 0.6 is 34.3 Å². The summed E-state index contributed by atoms with van der Waals surface area (Å²) < 4.78 is 5.63. The molecule has 8 nitrogen and oxygen atoms in total. The van der Waals surface area contributed by atoms with E-state index >= 15 is 0 Å². The van der Waals surface area contributed by atoms with Crippen molar-refractivity contribution in [2.45, 2.75) is 36.9 Å². The van der Waals surface area contributed by atoms with E-state index in [9.17, 15) is 20.4 Å². The van der Waals surface area contributed by atoms with Crippen LogP contribution in [0.25, 0.3) is 9.88 Å². The third-order valence-corrected chi connectivity index (χ3v) is 6.98. The maximum absolute atomic E-state index is 10.4. The Hall–Kier alpha value is -1.50. The maximum Gasteiger partial charge on any atom is 0.159 e. The largest absolute Gasteiger partial charge is 0.394 e. The molecule has 1 aliphatic rings. The molecule has 0 spiro atoms. The Morgan fingerprint density at radius 2 is 1.97 bits per heavy atom. The minimum absolute atomic E-state index is 0.466. The molecule has 3 aromatic rings. The van der Waals surface area contributed by atoms with Crippen LogP contribution in [0, 0.1) is 0 Å². The second-order valence-corrected chi connectivity index (χ2v) is 8.99. The van der Waals surface area contributed by atoms with Crippen molar-refractivity contribution in [2.75, 3.05) is 6.61 Å². The molecule has 3 heterocycles. The van der Waals surface area contributed by atoms with Gasteiger partial charge < -0.3 is 25.2 Å². The fourth-order valence-electron chi connectivity index (χ4n) is 3.22. The third kappa shape index (κ3) is 4.21. The van der Waals surface area contributed by atoms with Gasteiger partial charge in [0.05, 0.1) is 16.5 Å². The van der Waals surface area contributed by atoms with Gasteiger partial charge in [0, 0.05) is 17.6 Å². The van der Waals surface area contributed by atoms with Crippen LogP contribution in [-0.4, -0.2) is 66.6 Å². The second kappa shape index (κ2) is 8.70. The van der Waals surface area contributed by atoms with Crippen LogP contribution in [0.15, 0.2) is 29.9 Å². The molecule has 1 aliphatic heterocycles. The number of thiazole rings is 1. The summed E-state index contributed by atoms with van der Waals surface area (Å²) in [4.78, 5) is 5.35. The monoisotopic (exact) mass is 455 g/mol. The van der Waals surface area contributed by atoms with Crippen LogP contribution < -0.4 is 0 Å². The summed E-state index contributed by atoms with van der Waals surface area (Å²) >= 11 is 9.29. The van der Waals surface area contributed by atoms with E-state index in [1.54, 1.807) is 29.9 Å². The quantitative estimate of drug-likeness (QED) is 0.454. The normalized spacial score (nSPS) is 27.3. The zero-order valence-corrected chi connectivity index (χ0v) is 17.3.